The van der Waals surface area contributed by atoms with E-state index in [-0.39, 0.29) is 0 Å². The monoisotopic (exact) mass is 309 g/mol. The van der Waals surface area contributed by atoms with E-state index in [1.165, 1.54) is 82.1 Å². The maximum absolute atomic E-state index is 4.63. The fraction of sp³-hybridized carbons (Fsp3) is 0.842. The van der Waals surface area contributed by atoms with Gasteiger partial charge in [-0.2, -0.15) is 0 Å². The number of thiazole rings is 1. The van der Waals surface area contributed by atoms with Crippen LogP contribution < -0.4 is 0 Å². The van der Waals surface area contributed by atoms with Gasteiger partial charge in [0.15, 0.2) is 0 Å². The van der Waals surface area contributed by atoms with Crippen LogP contribution in [0, 0.1) is 0 Å². The molecule has 1 rings (SSSR count). The number of unbranched alkanes of at least 4 members (excludes halogenated alkanes) is 8. The van der Waals surface area contributed by atoms with Crippen molar-refractivity contribution in [2.75, 3.05) is 0 Å². The van der Waals surface area contributed by atoms with Gasteiger partial charge in [-0.05, 0) is 12.8 Å². The summed E-state index contributed by atoms with van der Waals surface area (Å²) in [5, 5.41) is 3.51. The van der Waals surface area contributed by atoms with Crippen LogP contribution in [-0.2, 0) is 5.41 Å². The Bertz CT molecular complexity index is 333. The van der Waals surface area contributed by atoms with Crippen LogP contribution in [0.4, 0.5) is 0 Å². The van der Waals surface area contributed by atoms with Crippen LogP contribution in [0.1, 0.15) is 103 Å². The smallest absolute Gasteiger partial charge is 0.0983 e. The van der Waals surface area contributed by atoms with Gasteiger partial charge in [0.25, 0.3) is 0 Å². The van der Waals surface area contributed by atoms with E-state index in [4.69, 9.17) is 0 Å². The zero-order valence-electron chi connectivity index (χ0n) is 14.5. The summed E-state index contributed by atoms with van der Waals surface area (Å²) in [5.74, 6) is 0. The number of hydrogen-bond acceptors (Lipinski definition) is 2. The van der Waals surface area contributed by atoms with Gasteiger partial charge in [-0.25, -0.2) is 4.98 Å². The zero-order chi connectivity index (χ0) is 15.4. The van der Waals surface area contributed by atoms with Gasteiger partial charge in [-0.3, -0.25) is 0 Å². The lowest BCUT2D eigenvalue weighted by atomic mass is 9.80. The van der Waals surface area contributed by atoms with Crippen molar-refractivity contribution in [1.82, 2.24) is 4.98 Å². The van der Waals surface area contributed by atoms with Crippen LogP contribution in [0.2, 0.25) is 0 Å². The van der Waals surface area contributed by atoms with E-state index < -0.39 is 0 Å². The average molecular weight is 310 g/mol. The first-order valence-electron chi connectivity index (χ1n) is 9.13. The van der Waals surface area contributed by atoms with E-state index in [0.29, 0.717) is 5.41 Å². The van der Waals surface area contributed by atoms with Crippen molar-refractivity contribution in [3.8, 4) is 0 Å². The van der Waals surface area contributed by atoms with Crippen molar-refractivity contribution in [2.45, 2.75) is 103 Å². The molecule has 0 saturated heterocycles. The first kappa shape index (κ1) is 18.7. The molecule has 1 atom stereocenters. The molecule has 1 heterocycles. The summed E-state index contributed by atoms with van der Waals surface area (Å²) in [6.45, 7) is 7.02. The van der Waals surface area contributed by atoms with Crippen LogP contribution in [0.15, 0.2) is 11.6 Å². The highest BCUT2D eigenvalue weighted by atomic mass is 32.1. The van der Waals surface area contributed by atoms with Crippen LogP contribution in [-0.4, -0.2) is 4.98 Å². The summed E-state index contributed by atoms with van der Waals surface area (Å²) in [6.07, 6.45) is 18.4. The normalized spacial score (nSPS) is 14.2. The Morgan fingerprint density at radius 2 is 1.38 bits per heavy atom. The van der Waals surface area contributed by atoms with E-state index in [0.717, 1.165) is 0 Å². The summed E-state index contributed by atoms with van der Waals surface area (Å²) in [4.78, 5) is 4.63. The largest absolute Gasteiger partial charge is 0.249 e. The van der Waals surface area contributed by atoms with E-state index in [1.54, 1.807) is 0 Å². The zero-order valence-corrected chi connectivity index (χ0v) is 15.3. The summed E-state index contributed by atoms with van der Waals surface area (Å²) in [7, 11) is 0. The molecule has 2 heteroatoms. The van der Waals surface area contributed by atoms with Crippen molar-refractivity contribution in [3.63, 3.8) is 0 Å². The van der Waals surface area contributed by atoms with Crippen LogP contribution in [0.25, 0.3) is 0 Å². The van der Waals surface area contributed by atoms with Gasteiger partial charge >= 0.3 is 0 Å². The van der Waals surface area contributed by atoms with Crippen LogP contribution >= 0.6 is 11.3 Å². The number of aromatic nitrogens is 1. The van der Waals surface area contributed by atoms with Gasteiger partial charge in [-0.1, -0.05) is 85.0 Å². The second-order valence-corrected chi connectivity index (χ2v) is 7.62. The van der Waals surface area contributed by atoms with Gasteiger partial charge in [-0.15, -0.1) is 11.3 Å². The van der Waals surface area contributed by atoms with Crippen molar-refractivity contribution < 1.29 is 0 Å². The van der Waals surface area contributed by atoms with E-state index >= 15 is 0 Å². The van der Waals surface area contributed by atoms with Crippen molar-refractivity contribution in [2.24, 2.45) is 0 Å². The van der Waals surface area contributed by atoms with Gasteiger partial charge in [0, 0.05) is 17.0 Å². The van der Waals surface area contributed by atoms with Gasteiger partial charge in [0.2, 0.25) is 0 Å². The topological polar surface area (TPSA) is 12.9 Å². The lowest BCUT2D eigenvalue weighted by molar-refractivity contribution is 0.362. The molecule has 1 aromatic rings. The van der Waals surface area contributed by atoms with E-state index in [1.807, 2.05) is 17.5 Å². The van der Waals surface area contributed by atoms with Gasteiger partial charge in [0.1, 0.15) is 0 Å². The standard InChI is InChI=1S/C19H35NS/c1-4-6-8-10-11-13-15-19(3,14-12-9-7-5-2)18-20-16-17-21-18/h16-17H,4-15H2,1-3H3. The molecule has 0 amide bonds. The fourth-order valence-electron chi connectivity index (χ4n) is 3.10. The number of hydrogen-bond donors (Lipinski definition) is 0. The average Bonchev–Trinajstić information content (AvgIpc) is 3.02. The van der Waals surface area contributed by atoms with Gasteiger partial charge < -0.3 is 0 Å². The highest BCUT2D eigenvalue weighted by Gasteiger charge is 2.28. The van der Waals surface area contributed by atoms with Crippen LogP contribution in [0.3, 0.4) is 0 Å². The predicted octanol–water partition coefficient (Wildman–Crippen LogP) is 7.12. The van der Waals surface area contributed by atoms with E-state index in [9.17, 15) is 0 Å². The molecular weight excluding hydrogens is 274 g/mol. The Labute approximate surface area is 136 Å². The maximum atomic E-state index is 4.63. The van der Waals surface area contributed by atoms with Crippen LogP contribution in [0.5, 0.6) is 0 Å². The molecule has 1 aromatic heterocycles. The third-order valence-electron chi connectivity index (χ3n) is 4.61. The minimum atomic E-state index is 0.326. The predicted molar refractivity (Wildman–Crippen MR) is 96.2 cm³/mol. The Balaban J connectivity index is 2.37. The van der Waals surface area contributed by atoms with Gasteiger partial charge in [0.05, 0.1) is 5.01 Å². The Morgan fingerprint density at radius 3 is 1.90 bits per heavy atom. The molecule has 0 fully saturated rings. The highest BCUT2D eigenvalue weighted by Crippen LogP contribution is 2.36. The Morgan fingerprint density at radius 1 is 0.857 bits per heavy atom. The molecule has 0 radical (unpaired) electrons. The maximum Gasteiger partial charge on any atom is 0.0983 e. The SMILES string of the molecule is CCCCCCCCC(C)(CCCCCC)c1nccs1. The molecule has 21 heavy (non-hydrogen) atoms. The molecule has 0 saturated carbocycles. The quantitative estimate of drug-likeness (QED) is 0.353. The lowest BCUT2D eigenvalue weighted by Crippen LogP contribution is -2.21. The lowest BCUT2D eigenvalue weighted by Gasteiger charge is -2.27. The molecular formula is C19H35NS. The molecule has 0 aliphatic heterocycles. The number of nitrogens with zero attached hydrogens (tertiary/aromatic N) is 1. The van der Waals surface area contributed by atoms with Crippen molar-refractivity contribution in [3.05, 3.63) is 16.6 Å². The summed E-state index contributed by atoms with van der Waals surface area (Å²) in [6, 6.07) is 0. The minimum absolute atomic E-state index is 0.326. The molecule has 0 aromatic carbocycles. The molecule has 0 spiro atoms. The van der Waals surface area contributed by atoms with E-state index in [2.05, 4.69) is 31.1 Å². The third kappa shape index (κ3) is 7.44. The fourth-order valence-corrected chi connectivity index (χ4v) is 3.96. The first-order valence-corrected chi connectivity index (χ1v) is 10.0. The molecule has 122 valence electrons. The third-order valence-corrected chi connectivity index (χ3v) is 5.69. The summed E-state index contributed by atoms with van der Waals surface area (Å²) < 4.78 is 0. The summed E-state index contributed by atoms with van der Waals surface area (Å²) in [5.41, 5.74) is 0.326. The molecule has 0 aliphatic carbocycles. The number of rotatable bonds is 13. The second kappa shape index (κ2) is 11.2. The van der Waals surface area contributed by atoms with Crippen molar-refractivity contribution in [1.29, 1.82) is 0 Å². The molecule has 0 N–H and O–H groups in total. The highest BCUT2D eigenvalue weighted by molar-refractivity contribution is 7.09. The minimum Gasteiger partial charge on any atom is -0.249 e. The molecule has 0 bridgehead atoms. The molecule has 0 aliphatic rings. The molecule has 1 nitrogen and oxygen atoms in total. The Kier molecular flexibility index (Phi) is 9.99. The summed E-state index contributed by atoms with van der Waals surface area (Å²) >= 11 is 1.85. The first-order chi connectivity index (χ1) is 10.2. The molecule has 1 unspecified atom stereocenters. The van der Waals surface area contributed by atoms with Crippen molar-refractivity contribution >= 4 is 11.3 Å². The Hall–Kier alpha value is -0.370. The second-order valence-electron chi connectivity index (χ2n) is 6.73.